The van der Waals surface area contributed by atoms with E-state index in [9.17, 15) is 14.9 Å². The summed E-state index contributed by atoms with van der Waals surface area (Å²) in [6.45, 7) is 2.00. The minimum atomic E-state index is -0.458. The topological polar surface area (TPSA) is 72.7 Å². The number of halogens is 1. The number of ether oxygens (including phenoxy) is 1. The molecule has 3 aromatic rings. The lowest BCUT2D eigenvalue weighted by Crippen LogP contribution is -2.25. The SMILES string of the molecule is COc1ccc(Cl)cc1N1C(=O)/C(=C/c2ccc([N+](=O)[O-])cc2)C=C1c1ccc(C)cc1. The fourth-order valence-electron chi connectivity index (χ4n) is 3.50. The van der Waals surface area contributed by atoms with E-state index in [0.717, 1.165) is 11.1 Å². The molecule has 3 aromatic carbocycles. The van der Waals surface area contributed by atoms with Gasteiger partial charge in [0.25, 0.3) is 11.6 Å². The minimum Gasteiger partial charge on any atom is -0.495 e. The Morgan fingerprint density at radius 1 is 1.03 bits per heavy atom. The van der Waals surface area contributed by atoms with E-state index in [-0.39, 0.29) is 11.6 Å². The molecule has 0 saturated carbocycles. The molecule has 0 aromatic heterocycles. The molecule has 0 unspecified atom stereocenters. The van der Waals surface area contributed by atoms with Gasteiger partial charge in [-0.2, -0.15) is 0 Å². The Morgan fingerprint density at radius 2 is 1.72 bits per heavy atom. The zero-order valence-corrected chi connectivity index (χ0v) is 18.2. The number of nitro groups is 1. The van der Waals surface area contributed by atoms with Crippen LogP contribution in [0.3, 0.4) is 0 Å². The highest BCUT2D eigenvalue weighted by Crippen LogP contribution is 2.41. The van der Waals surface area contributed by atoms with Gasteiger partial charge < -0.3 is 4.74 Å². The number of nitrogens with zero attached hydrogens (tertiary/aromatic N) is 2. The Morgan fingerprint density at radius 3 is 2.34 bits per heavy atom. The van der Waals surface area contributed by atoms with Gasteiger partial charge in [0.1, 0.15) is 5.75 Å². The number of hydrogen-bond acceptors (Lipinski definition) is 4. The lowest BCUT2D eigenvalue weighted by atomic mass is 10.1. The third-order valence-electron chi connectivity index (χ3n) is 5.14. The van der Waals surface area contributed by atoms with Crippen molar-refractivity contribution < 1.29 is 14.5 Å². The van der Waals surface area contributed by atoms with Crippen LogP contribution < -0.4 is 9.64 Å². The van der Waals surface area contributed by atoms with E-state index in [4.69, 9.17) is 16.3 Å². The summed E-state index contributed by atoms with van der Waals surface area (Å²) in [6.07, 6.45) is 3.51. The summed E-state index contributed by atoms with van der Waals surface area (Å²) in [4.78, 5) is 25.5. The molecule has 32 heavy (non-hydrogen) atoms. The van der Waals surface area contributed by atoms with Gasteiger partial charge in [-0.25, -0.2) is 0 Å². The largest absolute Gasteiger partial charge is 0.495 e. The first kappa shape index (κ1) is 21.3. The van der Waals surface area contributed by atoms with Gasteiger partial charge in [0.2, 0.25) is 0 Å². The van der Waals surface area contributed by atoms with Crippen molar-refractivity contribution in [3.8, 4) is 5.75 Å². The van der Waals surface area contributed by atoms with Crippen LogP contribution in [-0.2, 0) is 4.79 Å². The van der Waals surface area contributed by atoms with E-state index < -0.39 is 4.92 Å². The molecule has 7 heteroatoms. The average Bonchev–Trinajstić information content (AvgIpc) is 3.10. The van der Waals surface area contributed by atoms with Gasteiger partial charge in [-0.3, -0.25) is 19.8 Å². The maximum absolute atomic E-state index is 13.5. The number of aryl methyl sites for hydroxylation is 1. The van der Waals surface area contributed by atoms with Crippen molar-refractivity contribution in [3.63, 3.8) is 0 Å². The molecular formula is C25H19ClN2O4. The molecule has 1 aliphatic rings. The van der Waals surface area contributed by atoms with Gasteiger partial charge in [0.05, 0.1) is 23.4 Å². The maximum Gasteiger partial charge on any atom is 0.269 e. The Hall–Kier alpha value is -3.90. The molecule has 1 heterocycles. The van der Waals surface area contributed by atoms with Crippen molar-refractivity contribution in [3.05, 3.63) is 110 Å². The van der Waals surface area contributed by atoms with Crippen molar-refractivity contribution in [2.45, 2.75) is 6.92 Å². The summed E-state index contributed by atoms with van der Waals surface area (Å²) in [7, 11) is 1.54. The molecule has 0 spiro atoms. The van der Waals surface area contributed by atoms with Crippen LogP contribution in [0.2, 0.25) is 5.02 Å². The first-order valence-corrected chi connectivity index (χ1v) is 10.2. The molecule has 160 valence electrons. The molecule has 0 N–H and O–H groups in total. The number of non-ortho nitro benzene ring substituents is 1. The van der Waals surface area contributed by atoms with E-state index in [1.54, 1.807) is 47.4 Å². The summed E-state index contributed by atoms with van der Waals surface area (Å²) < 4.78 is 5.49. The third-order valence-corrected chi connectivity index (χ3v) is 5.37. The number of hydrogen-bond donors (Lipinski definition) is 0. The van der Waals surface area contributed by atoms with Crippen molar-refractivity contribution in [2.75, 3.05) is 12.0 Å². The Labute approximate surface area is 190 Å². The predicted octanol–water partition coefficient (Wildman–Crippen LogP) is 6.04. The minimum absolute atomic E-state index is 0.00826. The second-order valence-electron chi connectivity index (χ2n) is 7.30. The van der Waals surface area contributed by atoms with Crippen LogP contribution in [-0.4, -0.2) is 17.9 Å². The molecule has 0 atom stereocenters. The quantitative estimate of drug-likeness (QED) is 0.272. The van der Waals surface area contributed by atoms with Crippen molar-refractivity contribution >= 4 is 40.7 Å². The monoisotopic (exact) mass is 446 g/mol. The number of carbonyl (C=O) groups is 1. The smallest absolute Gasteiger partial charge is 0.269 e. The van der Waals surface area contributed by atoms with E-state index in [1.165, 1.54) is 19.2 Å². The number of amides is 1. The highest BCUT2D eigenvalue weighted by molar-refractivity contribution is 6.31. The van der Waals surface area contributed by atoms with Crippen LogP contribution in [0.25, 0.3) is 11.8 Å². The fraction of sp³-hybridized carbons (Fsp3) is 0.0800. The summed E-state index contributed by atoms with van der Waals surface area (Å²) in [6, 6.07) is 19.0. The molecule has 1 amide bonds. The number of benzene rings is 3. The molecule has 0 bridgehead atoms. The zero-order valence-electron chi connectivity index (χ0n) is 17.4. The number of carbonyl (C=O) groups excluding carboxylic acids is 1. The number of anilines is 1. The zero-order chi connectivity index (χ0) is 22.8. The van der Waals surface area contributed by atoms with E-state index in [2.05, 4.69) is 0 Å². The van der Waals surface area contributed by atoms with Crippen LogP contribution in [0, 0.1) is 17.0 Å². The van der Waals surface area contributed by atoms with Gasteiger partial charge in [0, 0.05) is 22.7 Å². The van der Waals surface area contributed by atoms with E-state index in [1.807, 2.05) is 31.2 Å². The van der Waals surface area contributed by atoms with Crippen molar-refractivity contribution in [1.29, 1.82) is 0 Å². The molecule has 0 aliphatic carbocycles. The highest BCUT2D eigenvalue weighted by atomic mass is 35.5. The number of methoxy groups -OCH3 is 1. The average molecular weight is 447 g/mol. The van der Waals surface area contributed by atoms with Crippen LogP contribution in [0.15, 0.2) is 78.4 Å². The van der Waals surface area contributed by atoms with Crippen LogP contribution in [0.1, 0.15) is 16.7 Å². The van der Waals surface area contributed by atoms with Crippen LogP contribution >= 0.6 is 11.6 Å². The van der Waals surface area contributed by atoms with Gasteiger partial charge in [-0.05, 0) is 60.5 Å². The molecule has 0 saturated heterocycles. The lowest BCUT2D eigenvalue weighted by Gasteiger charge is -2.23. The third kappa shape index (κ3) is 4.13. The second kappa shape index (κ2) is 8.69. The fourth-order valence-corrected chi connectivity index (χ4v) is 3.67. The van der Waals surface area contributed by atoms with Gasteiger partial charge in [-0.15, -0.1) is 0 Å². The maximum atomic E-state index is 13.5. The molecular weight excluding hydrogens is 428 g/mol. The summed E-state index contributed by atoms with van der Waals surface area (Å²) in [5.74, 6) is 0.261. The van der Waals surface area contributed by atoms with E-state index >= 15 is 0 Å². The number of nitro benzene ring substituents is 1. The normalized spacial score (nSPS) is 14.6. The number of rotatable bonds is 5. The van der Waals surface area contributed by atoms with Crippen LogP contribution in [0.4, 0.5) is 11.4 Å². The molecule has 0 radical (unpaired) electrons. The van der Waals surface area contributed by atoms with Gasteiger partial charge in [-0.1, -0.05) is 41.4 Å². The van der Waals surface area contributed by atoms with Crippen molar-refractivity contribution in [1.82, 2.24) is 0 Å². The lowest BCUT2D eigenvalue weighted by molar-refractivity contribution is -0.384. The molecule has 4 rings (SSSR count). The first-order valence-electron chi connectivity index (χ1n) is 9.80. The molecule has 1 aliphatic heterocycles. The first-order chi connectivity index (χ1) is 15.4. The predicted molar refractivity (Wildman–Crippen MR) is 126 cm³/mol. The van der Waals surface area contributed by atoms with Crippen LogP contribution in [0.5, 0.6) is 5.75 Å². The van der Waals surface area contributed by atoms with Gasteiger partial charge in [0.15, 0.2) is 0 Å². The standard InChI is InChI=1S/C25H19ClN2O4/c1-16-3-7-18(8-4-16)22-14-19(13-17-5-10-21(11-6-17)28(30)31)25(29)27(22)23-15-20(26)9-12-24(23)32-2/h3-15H,1-2H3/b19-13+. The van der Waals surface area contributed by atoms with Gasteiger partial charge >= 0.3 is 0 Å². The summed E-state index contributed by atoms with van der Waals surface area (Å²) in [5.41, 5.74) is 4.29. The second-order valence-corrected chi connectivity index (χ2v) is 7.74. The van der Waals surface area contributed by atoms with E-state index in [0.29, 0.717) is 33.3 Å². The Kier molecular flexibility index (Phi) is 5.79. The summed E-state index contributed by atoms with van der Waals surface area (Å²) in [5, 5.41) is 11.4. The summed E-state index contributed by atoms with van der Waals surface area (Å²) >= 11 is 6.24. The molecule has 6 nitrogen and oxygen atoms in total. The Balaban J connectivity index is 1.83. The molecule has 0 fully saturated rings. The highest BCUT2D eigenvalue weighted by Gasteiger charge is 2.32. The van der Waals surface area contributed by atoms with Crippen molar-refractivity contribution in [2.24, 2.45) is 0 Å². The Bertz CT molecular complexity index is 1260.